The molecule has 0 saturated carbocycles. The van der Waals surface area contributed by atoms with Crippen LogP contribution in [0.1, 0.15) is 17.7 Å². The van der Waals surface area contributed by atoms with Crippen molar-refractivity contribution in [3.8, 4) is 6.07 Å². The van der Waals surface area contributed by atoms with E-state index in [1.165, 1.54) is 0 Å². The van der Waals surface area contributed by atoms with Crippen LogP contribution in [0.25, 0.3) is 11.0 Å². The fourth-order valence-electron chi connectivity index (χ4n) is 3.37. The van der Waals surface area contributed by atoms with Crippen LogP contribution < -0.4 is 10.6 Å². The Morgan fingerprint density at radius 1 is 1.33 bits per heavy atom. The highest BCUT2D eigenvalue weighted by molar-refractivity contribution is 6.30. The minimum absolute atomic E-state index is 0.368. The van der Waals surface area contributed by atoms with Gasteiger partial charge in [-0.1, -0.05) is 11.6 Å². The summed E-state index contributed by atoms with van der Waals surface area (Å²) in [5.74, 6) is 0.708. The van der Waals surface area contributed by atoms with Crippen LogP contribution in [-0.2, 0) is 6.54 Å². The van der Waals surface area contributed by atoms with Crippen LogP contribution in [-0.4, -0.2) is 39.8 Å². The van der Waals surface area contributed by atoms with Gasteiger partial charge in [0.05, 0.1) is 46.0 Å². The average molecular weight is 385 g/mol. The number of piperidine rings is 1. The van der Waals surface area contributed by atoms with Crippen LogP contribution in [0.5, 0.6) is 0 Å². The van der Waals surface area contributed by atoms with E-state index < -0.39 is 12.2 Å². The second kappa shape index (κ2) is 7.14. The van der Waals surface area contributed by atoms with Gasteiger partial charge < -0.3 is 15.2 Å². The summed E-state index contributed by atoms with van der Waals surface area (Å²) in [6.45, 7) is 1.39. The summed E-state index contributed by atoms with van der Waals surface area (Å²) < 4.78 is 15.8. The summed E-state index contributed by atoms with van der Waals surface area (Å²) in [5, 5.41) is 9.82. The van der Waals surface area contributed by atoms with Gasteiger partial charge in [-0.25, -0.2) is 9.37 Å². The summed E-state index contributed by atoms with van der Waals surface area (Å²) in [5.41, 5.74) is 8.91. The number of imidazole rings is 1. The Kier molecular flexibility index (Phi) is 4.68. The number of pyridine rings is 1. The van der Waals surface area contributed by atoms with Crippen LogP contribution >= 0.6 is 11.6 Å². The van der Waals surface area contributed by atoms with E-state index in [0.717, 1.165) is 16.7 Å². The van der Waals surface area contributed by atoms with Crippen LogP contribution in [0.2, 0.25) is 5.02 Å². The Balaban J connectivity index is 1.79. The third-order valence-electron chi connectivity index (χ3n) is 4.82. The molecule has 3 aromatic rings. The van der Waals surface area contributed by atoms with Gasteiger partial charge in [-0.15, -0.1) is 0 Å². The van der Waals surface area contributed by atoms with Crippen LogP contribution in [0.15, 0.2) is 36.5 Å². The van der Waals surface area contributed by atoms with Crippen molar-refractivity contribution in [2.75, 3.05) is 18.0 Å². The third kappa shape index (κ3) is 3.46. The molecule has 0 bridgehead atoms. The zero-order valence-corrected chi connectivity index (χ0v) is 15.3. The Morgan fingerprint density at radius 3 is 2.89 bits per heavy atom. The van der Waals surface area contributed by atoms with Crippen molar-refractivity contribution in [3.05, 3.63) is 52.8 Å². The highest BCUT2D eigenvalue weighted by atomic mass is 35.5. The summed E-state index contributed by atoms with van der Waals surface area (Å²) in [6, 6.07) is 10.6. The summed E-state index contributed by atoms with van der Waals surface area (Å²) in [6.07, 6.45) is 0.968. The lowest BCUT2D eigenvalue weighted by molar-refractivity contribution is 0.243. The molecule has 6 nitrogen and oxygen atoms in total. The molecule has 2 N–H and O–H groups in total. The predicted octanol–water partition coefficient (Wildman–Crippen LogP) is 2.88. The largest absolute Gasteiger partial charge is 0.340 e. The summed E-state index contributed by atoms with van der Waals surface area (Å²) >= 11 is 5.94. The lowest BCUT2D eigenvalue weighted by Gasteiger charge is -2.34. The van der Waals surface area contributed by atoms with Gasteiger partial charge in [0.15, 0.2) is 0 Å². The van der Waals surface area contributed by atoms with E-state index in [1.807, 2.05) is 27.7 Å². The molecule has 1 aliphatic heterocycles. The molecule has 0 unspecified atom stereocenters. The molecule has 1 aromatic carbocycles. The number of nitriles is 1. The number of rotatable bonds is 3. The maximum Gasteiger partial charge on any atom is 0.206 e. The van der Waals surface area contributed by atoms with Gasteiger partial charge in [0.2, 0.25) is 5.95 Å². The average Bonchev–Trinajstić information content (AvgIpc) is 3.03. The standard InChI is InChI=1S/C19H18ClFN6/c20-13-2-3-14(24-9-13)10-27-18-7-12(8-22)1-4-17(18)25-19(27)26-6-5-15(21)16(23)11-26/h1-4,7,9,15-16H,5-6,10-11,23H2/t15-,16-/m1/s1. The minimum Gasteiger partial charge on any atom is -0.340 e. The topological polar surface area (TPSA) is 83.8 Å². The van der Waals surface area contributed by atoms with Crippen molar-refractivity contribution < 1.29 is 4.39 Å². The molecule has 2 atom stereocenters. The maximum atomic E-state index is 13.8. The molecule has 138 valence electrons. The number of nitrogens with zero attached hydrogens (tertiary/aromatic N) is 5. The van der Waals surface area contributed by atoms with Gasteiger partial charge in [-0.05, 0) is 36.8 Å². The molecule has 3 heterocycles. The first-order valence-corrected chi connectivity index (χ1v) is 9.08. The second-order valence-electron chi connectivity index (χ2n) is 6.70. The highest BCUT2D eigenvalue weighted by Gasteiger charge is 2.29. The first kappa shape index (κ1) is 17.7. The smallest absolute Gasteiger partial charge is 0.206 e. The van der Waals surface area contributed by atoms with Crippen molar-refractivity contribution in [2.24, 2.45) is 5.73 Å². The molecule has 1 fully saturated rings. The molecule has 2 aromatic heterocycles. The molecular weight excluding hydrogens is 367 g/mol. The molecule has 1 aliphatic rings. The number of aromatic nitrogens is 3. The Hall–Kier alpha value is -2.69. The number of anilines is 1. The quantitative estimate of drug-likeness (QED) is 0.750. The highest BCUT2D eigenvalue weighted by Crippen LogP contribution is 2.27. The van der Waals surface area contributed by atoms with E-state index in [0.29, 0.717) is 42.6 Å². The summed E-state index contributed by atoms with van der Waals surface area (Å²) in [4.78, 5) is 11.1. The zero-order valence-electron chi connectivity index (χ0n) is 14.5. The number of halogens is 2. The Bertz CT molecular complexity index is 1010. The number of hydrogen-bond acceptors (Lipinski definition) is 5. The number of fused-ring (bicyclic) bond motifs is 1. The molecule has 27 heavy (non-hydrogen) atoms. The van der Waals surface area contributed by atoms with Gasteiger partial charge in [0.1, 0.15) is 6.17 Å². The fourth-order valence-corrected chi connectivity index (χ4v) is 3.49. The monoisotopic (exact) mass is 384 g/mol. The van der Waals surface area contributed by atoms with E-state index in [-0.39, 0.29) is 0 Å². The van der Waals surface area contributed by atoms with Gasteiger partial charge in [0.25, 0.3) is 0 Å². The van der Waals surface area contributed by atoms with Crippen molar-refractivity contribution in [1.29, 1.82) is 5.26 Å². The molecular formula is C19H18ClFN6. The number of alkyl halides is 1. The lowest BCUT2D eigenvalue weighted by atomic mass is 10.1. The minimum atomic E-state index is -0.998. The number of benzene rings is 1. The second-order valence-corrected chi connectivity index (χ2v) is 7.13. The van der Waals surface area contributed by atoms with Gasteiger partial charge in [0, 0.05) is 19.3 Å². The van der Waals surface area contributed by atoms with Gasteiger partial charge in [-0.3, -0.25) is 4.98 Å². The van der Waals surface area contributed by atoms with Crippen LogP contribution in [0, 0.1) is 11.3 Å². The van der Waals surface area contributed by atoms with Crippen molar-refractivity contribution in [1.82, 2.24) is 14.5 Å². The molecule has 8 heteroatoms. The van der Waals surface area contributed by atoms with E-state index in [9.17, 15) is 9.65 Å². The lowest BCUT2D eigenvalue weighted by Crippen LogP contribution is -2.50. The van der Waals surface area contributed by atoms with E-state index >= 15 is 0 Å². The van der Waals surface area contributed by atoms with Crippen molar-refractivity contribution in [3.63, 3.8) is 0 Å². The molecule has 0 amide bonds. The van der Waals surface area contributed by atoms with Crippen LogP contribution in [0.4, 0.5) is 10.3 Å². The van der Waals surface area contributed by atoms with Crippen molar-refractivity contribution in [2.45, 2.75) is 25.2 Å². The Morgan fingerprint density at radius 2 is 2.19 bits per heavy atom. The molecule has 0 spiro atoms. The molecule has 4 rings (SSSR count). The molecule has 0 aliphatic carbocycles. The summed E-state index contributed by atoms with van der Waals surface area (Å²) in [7, 11) is 0. The molecule has 1 saturated heterocycles. The first-order chi connectivity index (χ1) is 13.0. The number of nitrogens with two attached hydrogens (primary N) is 1. The number of hydrogen-bond donors (Lipinski definition) is 1. The van der Waals surface area contributed by atoms with E-state index in [4.69, 9.17) is 22.3 Å². The first-order valence-electron chi connectivity index (χ1n) is 8.70. The predicted molar refractivity (Wildman–Crippen MR) is 102 cm³/mol. The third-order valence-corrected chi connectivity index (χ3v) is 5.04. The molecule has 0 radical (unpaired) electrons. The SMILES string of the molecule is N#Cc1ccc2nc(N3CC[C@@H](F)[C@H](N)C3)n(Cc3ccc(Cl)cn3)c2c1. The van der Waals surface area contributed by atoms with Gasteiger partial charge >= 0.3 is 0 Å². The zero-order chi connectivity index (χ0) is 19.0. The normalized spacial score (nSPS) is 20.0. The Labute approximate surface area is 161 Å². The van der Waals surface area contributed by atoms with Crippen molar-refractivity contribution >= 4 is 28.6 Å². The van der Waals surface area contributed by atoms with E-state index in [1.54, 1.807) is 18.3 Å². The van der Waals surface area contributed by atoms with E-state index in [2.05, 4.69) is 11.1 Å². The maximum absolute atomic E-state index is 13.8. The van der Waals surface area contributed by atoms with Crippen LogP contribution in [0.3, 0.4) is 0 Å². The van der Waals surface area contributed by atoms with Gasteiger partial charge in [-0.2, -0.15) is 5.26 Å². The fraction of sp³-hybridized carbons (Fsp3) is 0.316.